The minimum Gasteiger partial charge on any atom is -0.393 e. The summed E-state index contributed by atoms with van der Waals surface area (Å²) in [6.45, 7) is 0.690. The number of hydrazine groups is 1. The van der Waals surface area contributed by atoms with E-state index >= 15 is 0 Å². The van der Waals surface area contributed by atoms with Crippen molar-refractivity contribution >= 4 is 5.91 Å². The molecule has 2 fully saturated rings. The maximum absolute atomic E-state index is 13.9. The number of nitrogens with zero attached hydrogens (tertiary/aromatic N) is 1. The number of carbonyl (C=O) groups is 1. The quantitative estimate of drug-likeness (QED) is 0.644. The van der Waals surface area contributed by atoms with Gasteiger partial charge in [-0.2, -0.15) is 0 Å². The summed E-state index contributed by atoms with van der Waals surface area (Å²) in [6.07, 6.45) is 1.98. The predicted octanol–water partition coefficient (Wildman–Crippen LogP) is 0.469. The third-order valence-corrected chi connectivity index (χ3v) is 5.01. The van der Waals surface area contributed by atoms with E-state index in [0.717, 1.165) is 0 Å². The Morgan fingerprint density at radius 2 is 2.08 bits per heavy atom. The first-order valence-corrected chi connectivity index (χ1v) is 8.40. The highest BCUT2D eigenvalue weighted by molar-refractivity contribution is 5.82. The molecule has 7 heteroatoms. The summed E-state index contributed by atoms with van der Waals surface area (Å²) in [6, 6.07) is 5.88. The van der Waals surface area contributed by atoms with Gasteiger partial charge in [0.1, 0.15) is 11.9 Å². The number of aliphatic hydroxyl groups is 2. The van der Waals surface area contributed by atoms with Crippen LogP contribution in [0.25, 0.3) is 0 Å². The number of amides is 1. The summed E-state index contributed by atoms with van der Waals surface area (Å²) in [5.74, 6) is -0.337. The third-order valence-electron chi connectivity index (χ3n) is 5.01. The molecule has 0 saturated carbocycles. The van der Waals surface area contributed by atoms with Crippen LogP contribution in [0.1, 0.15) is 37.3 Å². The second-order valence-corrected chi connectivity index (χ2v) is 6.71. The van der Waals surface area contributed by atoms with Crippen molar-refractivity contribution in [1.82, 2.24) is 15.8 Å². The van der Waals surface area contributed by atoms with E-state index in [9.17, 15) is 19.4 Å². The smallest absolute Gasteiger partial charge is 0.241 e. The second-order valence-electron chi connectivity index (χ2n) is 6.71. The van der Waals surface area contributed by atoms with Crippen LogP contribution >= 0.6 is 0 Å². The lowest BCUT2D eigenvalue weighted by atomic mass is 9.96. The molecule has 6 nitrogen and oxygen atoms in total. The molecular formula is C17H24FN3O3. The average molecular weight is 337 g/mol. The van der Waals surface area contributed by atoms with Gasteiger partial charge in [0, 0.05) is 18.7 Å². The maximum Gasteiger partial charge on any atom is 0.241 e. The van der Waals surface area contributed by atoms with Crippen molar-refractivity contribution in [3.8, 4) is 0 Å². The van der Waals surface area contributed by atoms with E-state index in [2.05, 4.69) is 10.9 Å². The van der Waals surface area contributed by atoms with Crippen molar-refractivity contribution in [2.75, 3.05) is 19.7 Å². The molecule has 3 rings (SSSR count). The molecule has 4 N–H and O–H groups in total. The van der Waals surface area contributed by atoms with Crippen LogP contribution in [0.3, 0.4) is 0 Å². The molecule has 1 aromatic rings. The van der Waals surface area contributed by atoms with Crippen LogP contribution in [0.15, 0.2) is 24.3 Å². The average Bonchev–Trinajstić information content (AvgIpc) is 2.99. The third kappa shape index (κ3) is 3.59. The summed E-state index contributed by atoms with van der Waals surface area (Å²) in [5.41, 5.74) is 5.42. The number of likely N-dealkylation sites (tertiary alicyclic amines) is 1. The number of carbonyl (C=O) groups excluding carboxylic acids is 1. The van der Waals surface area contributed by atoms with Gasteiger partial charge in [-0.3, -0.25) is 4.79 Å². The van der Waals surface area contributed by atoms with Crippen molar-refractivity contribution in [2.24, 2.45) is 0 Å². The van der Waals surface area contributed by atoms with Crippen molar-refractivity contribution in [2.45, 2.75) is 43.4 Å². The lowest BCUT2D eigenvalue weighted by Gasteiger charge is -2.25. The van der Waals surface area contributed by atoms with E-state index in [0.29, 0.717) is 44.3 Å². The molecule has 132 valence electrons. The SMILES string of the molecule is O=C(C1CC(c2ccccc2F)NN1)N1CCCC(O)(CO)CC1. The maximum atomic E-state index is 13.9. The van der Waals surface area contributed by atoms with Gasteiger partial charge in [-0.1, -0.05) is 18.2 Å². The molecule has 2 aliphatic rings. The van der Waals surface area contributed by atoms with E-state index in [-0.39, 0.29) is 24.4 Å². The van der Waals surface area contributed by atoms with Gasteiger partial charge in [0.15, 0.2) is 0 Å². The van der Waals surface area contributed by atoms with E-state index in [4.69, 9.17) is 0 Å². The largest absolute Gasteiger partial charge is 0.393 e. The molecule has 3 unspecified atom stereocenters. The lowest BCUT2D eigenvalue weighted by molar-refractivity contribution is -0.133. The van der Waals surface area contributed by atoms with E-state index in [1.165, 1.54) is 6.07 Å². The van der Waals surface area contributed by atoms with Crippen LogP contribution in [0.4, 0.5) is 4.39 Å². The molecule has 2 aliphatic heterocycles. The van der Waals surface area contributed by atoms with Crippen LogP contribution in [-0.4, -0.2) is 52.4 Å². The van der Waals surface area contributed by atoms with Crippen LogP contribution in [-0.2, 0) is 4.79 Å². The van der Waals surface area contributed by atoms with Gasteiger partial charge in [-0.15, -0.1) is 0 Å². The standard InChI is InChI=1S/C17H24FN3O3/c18-13-5-2-1-4-12(13)14-10-15(20-19-14)16(23)21-8-3-6-17(24,11-22)7-9-21/h1-2,4-5,14-15,19-20,22,24H,3,6-11H2. The van der Waals surface area contributed by atoms with Crippen LogP contribution in [0, 0.1) is 5.82 Å². The molecule has 0 aromatic heterocycles. The van der Waals surface area contributed by atoms with E-state index < -0.39 is 11.6 Å². The molecule has 0 aliphatic carbocycles. The molecule has 24 heavy (non-hydrogen) atoms. The van der Waals surface area contributed by atoms with Gasteiger partial charge in [-0.25, -0.2) is 15.2 Å². The second kappa shape index (κ2) is 7.14. The number of hydrogen-bond acceptors (Lipinski definition) is 5. The fraction of sp³-hybridized carbons (Fsp3) is 0.588. The Balaban J connectivity index is 1.61. The Bertz CT molecular complexity index is 600. The molecule has 1 amide bonds. The molecule has 2 saturated heterocycles. The highest BCUT2D eigenvalue weighted by atomic mass is 19.1. The van der Waals surface area contributed by atoms with Gasteiger partial charge in [0.2, 0.25) is 5.91 Å². The molecule has 0 radical (unpaired) electrons. The molecule has 0 spiro atoms. The van der Waals surface area contributed by atoms with Crippen LogP contribution in [0.5, 0.6) is 0 Å². The van der Waals surface area contributed by atoms with Gasteiger partial charge in [-0.05, 0) is 31.7 Å². The first-order valence-electron chi connectivity index (χ1n) is 8.40. The zero-order chi connectivity index (χ0) is 17.2. The van der Waals surface area contributed by atoms with Crippen molar-refractivity contribution < 1.29 is 19.4 Å². The van der Waals surface area contributed by atoms with E-state index in [1.807, 2.05) is 0 Å². The summed E-state index contributed by atoms with van der Waals surface area (Å²) in [4.78, 5) is 14.4. The zero-order valence-electron chi connectivity index (χ0n) is 13.5. The first kappa shape index (κ1) is 17.3. The monoisotopic (exact) mass is 337 g/mol. The number of nitrogens with one attached hydrogen (secondary N) is 2. The fourth-order valence-electron chi connectivity index (χ4n) is 3.46. The normalized spacial score (nSPS) is 31.0. The van der Waals surface area contributed by atoms with Crippen LogP contribution in [0.2, 0.25) is 0 Å². The fourth-order valence-corrected chi connectivity index (χ4v) is 3.46. The number of hydrogen-bond donors (Lipinski definition) is 4. The minimum atomic E-state index is -1.09. The zero-order valence-corrected chi connectivity index (χ0v) is 13.5. The van der Waals surface area contributed by atoms with Gasteiger partial charge >= 0.3 is 0 Å². The van der Waals surface area contributed by atoms with Crippen molar-refractivity contribution in [3.05, 3.63) is 35.6 Å². The summed E-state index contributed by atoms with van der Waals surface area (Å²) >= 11 is 0. The Morgan fingerprint density at radius 1 is 1.29 bits per heavy atom. The molecule has 3 atom stereocenters. The Hall–Kier alpha value is -1.54. The van der Waals surface area contributed by atoms with Gasteiger partial charge in [0.05, 0.1) is 18.2 Å². The Labute approximate surface area is 140 Å². The van der Waals surface area contributed by atoms with Gasteiger partial charge in [0.25, 0.3) is 0 Å². The number of rotatable bonds is 3. The number of halogens is 1. The highest BCUT2D eigenvalue weighted by Crippen LogP contribution is 2.27. The van der Waals surface area contributed by atoms with Crippen LogP contribution < -0.4 is 10.9 Å². The molecule has 1 aromatic carbocycles. The van der Waals surface area contributed by atoms with E-state index in [1.54, 1.807) is 23.1 Å². The first-order chi connectivity index (χ1) is 11.5. The predicted molar refractivity (Wildman–Crippen MR) is 86.3 cm³/mol. The Kier molecular flexibility index (Phi) is 5.15. The lowest BCUT2D eigenvalue weighted by Crippen LogP contribution is -2.46. The van der Waals surface area contributed by atoms with Crippen molar-refractivity contribution in [1.29, 1.82) is 0 Å². The minimum absolute atomic E-state index is 0.0523. The number of aliphatic hydroxyl groups excluding tert-OH is 1. The topological polar surface area (TPSA) is 84.8 Å². The Morgan fingerprint density at radius 3 is 2.83 bits per heavy atom. The molecule has 2 heterocycles. The number of benzene rings is 1. The summed E-state index contributed by atoms with van der Waals surface area (Å²) in [5, 5.41) is 19.5. The molecule has 0 bridgehead atoms. The van der Waals surface area contributed by atoms with Crippen molar-refractivity contribution in [3.63, 3.8) is 0 Å². The highest BCUT2D eigenvalue weighted by Gasteiger charge is 2.36. The van der Waals surface area contributed by atoms with Gasteiger partial charge < -0.3 is 15.1 Å². The molecular weight excluding hydrogens is 313 g/mol. The summed E-state index contributed by atoms with van der Waals surface area (Å²) < 4.78 is 13.9. The summed E-state index contributed by atoms with van der Waals surface area (Å²) in [7, 11) is 0.